The minimum atomic E-state index is -0.998. The van der Waals surface area contributed by atoms with Crippen molar-refractivity contribution < 1.29 is 14.2 Å². The summed E-state index contributed by atoms with van der Waals surface area (Å²) in [4.78, 5) is 4.89. The summed E-state index contributed by atoms with van der Waals surface area (Å²) in [5.74, 6) is 1.33. The number of nitrogens with two attached hydrogens (primary N) is 1. The number of nitrogens with one attached hydrogen (secondary N) is 1. The third kappa shape index (κ3) is 5.00. The Balaban J connectivity index is 1.75. The summed E-state index contributed by atoms with van der Waals surface area (Å²) in [6.45, 7) is 4.57. The number of methoxy groups -OCH3 is 1. The van der Waals surface area contributed by atoms with Crippen LogP contribution in [0.15, 0.2) is 65.7 Å². The van der Waals surface area contributed by atoms with Crippen molar-refractivity contribution in [1.82, 2.24) is 0 Å². The number of aliphatic imine (C=N–C) groups is 1. The SMILES string of the molecule is CCOc1cc(Cl)cc(Cl)c1C1=N[C@H](N)C(C)(OCc2ccc(OC)cc2)Nc2ccccc21. The number of nitrogens with zero attached hydrogens (tertiary/aromatic N) is 1. The van der Waals surface area contributed by atoms with Crippen LogP contribution < -0.4 is 20.5 Å². The van der Waals surface area contributed by atoms with Gasteiger partial charge >= 0.3 is 0 Å². The van der Waals surface area contributed by atoms with Crippen LogP contribution in [0.5, 0.6) is 11.5 Å². The summed E-state index contributed by atoms with van der Waals surface area (Å²) in [6, 6.07) is 18.9. The zero-order valence-corrected chi connectivity index (χ0v) is 20.8. The minimum absolute atomic E-state index is 0.333. The van der Waals surface area contributed by atoms with Crippen molar-refractivity contribution in [3.05, 3.63) is 87.4 Å². The summed E-state index contributed by atoms with van der Waals surface area (Å²) in [7, 11) is 1.64. The second-order valence-electron chi connectivity index (χ2n) is 8.03. The highest BCUT2D eigenvalue weighted by Gasteiger charge is 2.37. The van der Waals surface area contributed by atoms with Gasteiger partial charge in [-0.05, 0) is 49.7 Å². The van der Waals surface area contributed by atoms with Gasteiger partial charge in [0.1, 0.15) is 17.7 Å². The first-order chi connectivity index (χ1) is 16.3. The van der Waals surface area contributed by atoms with Crippen LogP contribution in [-0.2, 0) is 11.3 Å². The van der Waals surface area contributed by atoms with Crippen molar-refractivity contribution in [1.29, 1.82) is 0 Å². The molecule has 0 spiro atoms. The summed E-state index contributed by atoms with van der Waals surface area (Å²) < 4.78 is 17.4. The molecule has 0 radical (unpaired) electrons. The Kier molecular flexibility index (Phi) is 7.33. The van der Waals surface area contributed by atoms with E-state index in [9.17, 15) is 0 Å². The Hall–Kier alpha value is -2.77. The molecule has 3 aromatic carbocycles. The van der Waals surface area contributed by atoms with Crippen LogP contribution in [0, 0.1) is 0 Å². The Morgan fingerprint density at radius 1 is 1.09 bits per heavy atom. The fourth-order valence-electron chi connectivity index (χ4n) is 3.80. The molecule has 0 fully saturated rings. The number of halogens is 2. The lowest BCUT2D eigenvalue weighted by atomic mass is 9.99. The third-order valence-corrected chi connectivity index (χ3v) is 6.17. The molecule has 0 aliphatic carbocycles. The highest BCUT2D eigenvalue weighted by molar-refractivity contribution is 6.39. The summed E-state index contributed by atoms with van der Waals surface area (Å²) in [6.07, 6.45) is -0.755. The summed E-state index contributed by atoms with van der Waals surface area (Å²) >= 11 is 12.9. The van der Waals surface area contributed by atoms with Crippen LogP contribution in [-0.4, -0.2) is 31.3 Å². The first-order valence-electron chi connectivity index (χ1n) is 10.9. The van der Waals surface area contributed by atoms with E-state index in [-0.39, 0.29) is 0 Å². The number of ether oxygens (including phenoxy) is 3. The van der Waals surface area contributed by atoms with Crippen molar-refractivity contribution in [3.63, 3.8) is 0 Å². The third-order valence-electron chi connectivity index (χ3n) is 5.65. The Morgan fingerprint density at radius 2 is 1.82 bits per heavy atom. The van der Waals surface area contributed by atoms with E-state index in [1.54, 1.807) is 19.2 Å². The monoisotopic (exact) mass is 499 g/mol. The predicted octanol–water partition coefficient (Wildman–Crippen LogP) is 5.88. The lowest BCUT2D eigenvalue weighted by Gasteiger charge is -2.34. The first kappa shape index (κ1) is 24.4. The van der Waals surface area contributed by atoms with E-state index < -0.39 is 11.9 Å². The Morgan fingerprint density at radius 3 is 2.53 bits per heavy atom. The number of hydrogen-bond donors (Lipinski definition) is 2. The van der Waals surface area contributed by atoms with Crippen molar-refractivity contribution in [3.8, 4) is 11.5 Å². The maximum absolute atomic E-state index is 6.66. The molecule has 0 saturated heterocycles. The highest BCUT2D eigenvalue weighted by atomic mass is 35.5. The van der Waals surface area contributed by atoms with Crippen molar-refractivity contribution in [2.45, 2.75) is 32.3 Å². The predicted molar refractivity (Wildman–Crippen MR) is 137 cm³/mol. The molecule has 178 valence electrons. The first-order valence-corrected chi connectivity index (χ1v) is 11.7. The van der Waals surface area contributed by atoms with Gasteiger partial charge < -0.3 is 25.3 Å². The summed E-state index contributed by atoms with van der Waals surface area (Å²) in [5, 5.41) is 4.38. The average molecular weight is 500 g/mol. The highest BCUT2D eigenvalue weighted by Crippen LogP contribution is 2.37. The number of para-hydroxylation sites is 1. The standard InChI is InChI=1S/C26H27Cl2N3O3/c1-4-33-22-14-17(27)13-20(28)23(22)24-19-7-5-6-8-21(19)31-26(2,25(29)30-24)34-15-16-9-11-18(32-3)12-10-16/h5-14,25,31H,4,15,29H2,1-3H3/t25-,26?/m0/s1. The molecule has 8 heteroatoms. The zero-order valence-electron chi connectivity index (χ0n) is 19.3. The van der Waals surface area contributed by atoms with Crippen LogP contribution in [0.3, 0.4) is 0 Å². The molecule has 1 heterocycles. The molecular weight excluding hydrogens is 473 g/mol. The van der Waals surface area contributed by atoms with Gasteiger partial charge in [0.2, 0.25) is 0 Å². The van der Waals surface area contributed by atoms with E-state index in [1.807, 2.05) is 62.4 Å². The van der Waals surface area contributed by atoms with E-state index in [1.165, 1.54) is 0 Å². The van der Waals surface area contributed by atoms with Gasteiger partial charge in [-0.1, -0.05) is 53.5 Å². The molecule has 0 aromatic heterocycles. The van der Waals surface area contributed by atoms with Gasteiger partial charge in [0.05, 0.1) is 36.6 Å². The van der Waals surface area contributed by atoms with Crippen molar-refractivity contribution >= 4 is 34.6 Å². The lowest BCUT2D eigenvalue weighted by Crippen LogP contribution is -2.52. The fraction of sp³-hybridized carbons (Fsp3) is 0.269. The molecule has 1 unspecified atom stereocenters. The minimum Gasteiger partial charge on any atom is -0.497 e. The van der Waals surface area contributed by atoms with Gasteiger partial charge in [0.15, 0.2) is 5.72 Å². The van der Waals surface area contributed by atoms with Crippen LogP contribution in [0.25, 0.3) is 0 Å². The number of anilines is 1. The topological polar surface area (TPSA) is 78.1 Å². The average Bonchev–Trinajstić information content (AvgIpc) is 2.92. The molecule has 1 aliphatic rings. The van der Waals surface area contributed by atoms with Crippen molar-refractivity contribution in [2.24, 2.45) is 10.7 Å². The van der Waals surface area contributed by atoms with E-state index in [0.717, 1.165) is 22.6 Å². The quantitative estimate of drug-likeness (QED) is 0.424. The van der Waals surface area contributed by atoms with E-state index in [0.29, 0.717) is 40.3 Å². The van der Waals surface area contributed by atoms with Crippen LogP contribution in [0.4, 0.5) is 5.69 Å². The van der Waals surface area contributed by atoms with Crippen LogP contribution >= 0.6 is 23.2 Å². The number of benzodiazepines with no additional fused rings is 1. The molecule has 3 N–H and O–H groups in total. The normalized spacial score (nSPS) is 19.5. The smallest absolute Gasteiger partial charge is 0.171 e. The zero-order chi connectivity index (χ0) is 24.3. The van der Waals surface area contributed by atoms with Crippen molar-refractivity contribution in [2.75, 3.05) is 19.0 Å². The van der Waals surface area contributed by atoms with Gasteiger partial charge in [-0.15, -0.1) is 0 Å². The molecular formula is C26H27Cl2N3O3. The van der Waals surface area contributed by atoms with Gasteiger partial charge in [0, 0.05) is 16.3 Å². The molecule has 6 nitrogen and oxygen atoms in total. The molecule has 2 atom stereocenters. The van der Waals surface area contributed by atoms with Gasteiger partial charge in [-0.2, -0.15) is 0 Å². The van der Waals surface area contributed by atoms with Crippen LogP contribution in [0.2, 0.25) is 10.0 Å². The van der Waals surface area contributed by atoms with Gasteiger partial charge in [-0.25, -0.2) is 0 Å². The van der Waals surface area contributed by atoms with E-state index >= 15 is 0 Å². The number of hydrogen-bond acceptors (Lipinski definition) is 6. The Bertz CT molecular complexity index is 1200. The number of fused-ring (bicyclic) bond motifs is 1. The molecule has 3 aromatic rings. The van der Waals surface area contributed by atoms with E-state index in [4.69, 9.17) is 48.1 Å². The molecule has 0 amide bonds. The van der Waals surface area contributed by atoms with Gasteiger partial charge in [-0.3, -0.25) is 4.99 Å². The molecule has 0 bridgehead atoms. The summed E-state index contributed by atoms with van der Waals surface area (Å²) in [5.41, 5.74) is 9.51. The Labute approximate surface area is 209 Å². The lowest BCUT2D eigenvalue weighted by molar-refractivity contribution is -0.0373. The second-order valence-corrected chi connectivity index (χ2v) is 8.87. The molecule has 4 rings (SSSR count). The maximum Gasteiger partial charge on any atom is 0.171 e. The van der Waals surface area contributed by atoms with Gasteiger partial charge in [0.25, 0.3) is 0 Å². The molecule has 1 aliphatic heterocycles. The molecule has 34 heavy (non-hydrogen) atoms. The second kappa shape index (κ2) is 10.2. The number of benzene rings is 3. The largest absolute Gasteiger partial charge is 0.497 e. The fourth-order valence-corrected chi connectivity index (χ4v) is 4.36. The number of rotatable bonds is 7. The van der Waals surface area contributed by atoms with E-state index in [2.05, 4.69) is 5.32 Å². The van der Waals surface area contributed by atoms with Crippen LogP contribution in [0.1, 0.15) is 30.5 Å². The maximum atomic E-state index is 6.66. The molecule has 0 saturated carbocycles.